The van der Waals surface area contributed by atoms with Crippen molar-refractivity contribution in [3.8, 4) is 5.75 Å². The summed E-state index contributed by atoms with van der Waals surface area (Å²) in [5.74, 6) is 0.853. The number of amides is 1. The molecule has 3 aromatic carbocycles. The Morgan fingerprint density at radius 1 is 1.08 bits per heavy atom. The van der Waals surface area contributed by atoms with Crippen molar-refractivity contribution in [2.24, 2.45) is 0 Å². The number of carbonyl (C=O) groups excluding carboxylic acids is 1. The molecule has 1 aliphatic heterocycles. The zero-order chi connectivity index (χ0) is 26.1. The Hall–Kier alpha value is -3.98. The molecule has 0 aliphatic carbocycles. The Balaban J connectivity index is 1.55. The minimum Gasteiger partial charge on any atom is -0.489 e. The van der Waals surface area contributed by atoms with Crippen molar-refractivity contribution < 1.29 is 9.53 Å². The zero-order valence-corrected chi connectivity index (χ0v) is 22.6. The van der Waals surface area contributed by atoms with E-state index in [1.54, 1.807) is 4.68 Å². The van der Waals surface area contributed by atoms with Gasteiger partial charge in [0.2, 0.25) is 5.95 Å². The van der Waals surface area contributed by atoms with Gasteiger partial charge in [-0.2, -0.15) is 4.68 Å². The standard InChI is InChI=1S/C28H27BrN6O2/c1-16-8-10-20(11-9-16)15-37-24-13-12-21(29)14-22(24)26-25(19(4)30-28-32-33-34-35(26)28)27(36)31-23-7-5-6-17(2)18(23)3/h5-14,26H,15H2,1-4H3,(H,31,36)(H,30,32,34). The monoisotopic (exact) mass is 558 g/mol. The molecule has 0 bridgehead atoms. The number of fused-ring (bicyclic) bond motifs is 1. The van der Waals surface area contributed by atoms with E-state index in [1.807, 2.05) is 69.3 Å². The molecule has 1 aromatic heterocycles. The molecule has 4 aromatic rings. The molecule has 2 N–H and O–H groups in total. The fourth-order valence-electron chi connectivity index (χ4n) is 4.38. The molecule has 1 atom stereocenters. The van der Waals surface area contributed by atoms with Crippen LogP contribution >= 0.6 is 15.9 Å². The molecule has 5 rings (SSSR count). The van der Waals surface area contributed by atoms with Crippen LogP contribution in [0.15, 0.2) is 76.4 Å². The molecule has 2 heterocycles. The van der Waals surface area contributed by atoms with E-state index < -0.39 is 6.04 Å². The molecular weight excluding hydrogens is 532 g/mol. The highest BCUT2D eigenvalue weighted by Crippen LogP contribution is 2.40. The zero-order valence-electron chi connectivity index (χ0n) is 21.0. The fraction of sp³-hybridized carbons (Fsp3) is 0.214. The van der Waals surface area contributed by atoms with Gasteiger partial charge in [-0.3, -0.25) is 4.79 Å². The normalized spacial score (nSPS) is 14.7. The molecule has 0 spiro atoms. The molecular formula is C28H27BrN6O2. The molecule has 9 heteroatoms. The average molecular weight is 559 g/mol. The Morgan fingerprint density at radius 2 is 1.86 bits per heavy atom. The minimum atomic E-state index is -0.609. The molecule has 1 aliphatic rings. The molecule has 0 fully saturated rings. The summed E-state index contributed by atoms with van der Waals surface area (Å²) >= 11 is 3.59. The molecule has 0 radical (unpaired) electrons. The maximum absolute atomic E-state index is 13.8. The van der Waals surface area contributed by atoms with Crippen LogP contribution in [0.25, 0.3) is 0 Å². The van der Waals surface area contributed by atoms with E-state index in [2.05, 4.69) is 61.1 Å². The van der Waals surface area contributed by atoms with E-state index in [-0.39, 0.29) is 5.91 Å². The largest absolute Gasteiger partial charge is 0.489 e. The predicted octanol–water partition coefficient (Wildman–Crippen LogP) is 5.87. The van der Waals surface area contributed by atoms with E-state index in [9.17, 15) is 4.79 Å². The van der Waals surface area contributed by atoms with E-state index in [0.29, 0.717) is 29.6 Å². The molecule has 37 heavy (non-hydrogen) atoms. The van der Waals surface area contributed by atoms with Crippen molar-refractivity contribution in [2.75, 3.05) is 10.6 Å². The van der Waals surface area contributed by atoms with Gasteiger partial charge in [0.15, 0.2) is 0 Å². The van der Waals surface area contributed by atoms with E-state index in [4.69, 9.17) is 4.74 Å². The van der Waals surface area contributed by atoms with Crippen molar-refractivity contribution in [1.29, 1.82) is 0 Å². The lowest BCUT2D eigenvalue weighted by Crippen LogP contribution is -2.32. The molecule has 0 saturated heterocycles. The summed E-state index contributed by atoms with van der Waals surface area (Å²) in [5, 5.41) is 18.5. The van der Waals surface area contributed by atoms with Crippen molar-refractivity contribution in [3.05, 3.63) is 104 Å². The van der Waals surface area contributed by atoms with Crippen molar-refractivity contribution in [1.82, 2.24) is 20.2 Å². The van der Waals surface area contributed by atoms with Gasteiger partial charge in [-0.05, 0) is 79.1 Å². The number of halogens is 1. The van der Waals surface area contributed by atoms with E-state index in [0.717, 1.165) is 32.4 Å². The number of benzene rings is 3. The van der Waals surface area contributed by atoms with Gasteiger partial charge in [-0.1, -0.05) is 63.0 Å². The molecule has 188 valence electrons. The number of allylic oxidation sites excluding steroid dienone is 1. The summed E-state index contributed by atoms with van der Waals surface area (Å²) in [6, 6.07) is 19.2. The number of tetrazole rings is 1. The fourth-order valence-corrected chi connectivity index (χ4v) is 4.76. The van der Waals surface area contributed by atoms with E-state index in [1.165, 1.54) is 5.56 Å². The number of aromatic nitrogens is 4. The Kier molecular flexibility index (Phi) is 6.80. The summed E-state index contributed by atoms with van der Waals surface area (Å²) in [5.41, 5.74) is 7.05. The van der Waals surface area contributed by atoms with Crippen molar-refractivity contribution in [3.63, 3.8) is 0 Å². The quantitative estimate of drug-likeness (QED) is 0.307. The van der Waals surface area contributed by atoms with Crippen LogP contribution in [0, 0.1) is 20.8 Å². The van der Waals surface area contributed by atoms with Crippen LogP contribution in [0.4, 0.5) is 11.6 Å². The number of hydrogen-bond donors (Lipinski definition) is 2. The minimum absolute atomic E-state index is 0.241. The summed E-state index contributed by atoms with van der Waals surface area (Å²) in [6.45, 7) is 8.31. The number of ether oxygens (including phenoxy) is 1. The number of nitrogens with one attached hydrogen (secondary N) is 2. The predicted molar refractivity (Wildman–Crippen MR) is 146 cm³/mol. The third kappa shape index (κ3) is 4.99. The number of anilines is 2. The third-order valence-corrected chi connectivity index (χ3v) is 7.09. The van der Waals surface area contributed by atoms with Crippen LogP contribution in [0.5, 0.6) is 5.75 Å². The Morgan fingerprint density at radius 3 is 2.65 bits per heavy atom. The highest BCUT2D eigenvalue weighted by Gasteiger charge is 2.36. The Labute approximate surface area is 223 Å². The van der Waals surface area contributed by atoms with Crippen LogP contribution in [0.3, 0.4) is 0 Å². The highest BCUT2D eigenvalue weighted by molar-refractivity contribution is 9.10. The SMILES string of the molecule is CC1=C(C(=O)Nc2cccc(C)c2C)C(c2cc(Br)ccc2OCc2ccc(C)cc2)n2nnnc2N1. The number of carbonyl (C=O) groups is 1. The van der Waals surface area contributed by atoms with Crippen molar-refractivity contribution >= 4 is 33.5 Å². The van der Waals surface area contributed by atoms with Gasteiger partial charge in [-0.25, -0.2) is 0 Å². The topological polar surface area (TPSA) is 94.0 Å². The number of rotatable bonds is 6. The van der Waals surface area contributed by atoms with Crippen molar-refractivity contribution in [2.45, 2.75) is 40.3 Å². The highest BCUT2D eigenvalue weighted by atomic mass is 79.9. The molecule has 1 amide bonds. The first-order valence-corrected chi connectivity index (χ1v) is 12.7. The summed E-state index contributed by atoms with van der Waals surface area (Å²) < 4.78 is 8.77. The first kappa shape index (κ1) is 24.7. The summed E-state index contributed by atoms with van der Waals surface area (Å²) in [7, 11) is 0. The molecule has 1 unspecified atom stereocenters. The third-order valence-electron chi connectivity index (χ3n) is 6.59. The van der Waals surface area contributed by atoms with Crippen LogP contribution in [0.1, 0.15) is 40.8 Å². The van der Waals surface area contributed by atoms with Gasteiger partial charge in [0.25, 0.3) is 5.91 Å². The van der Waals surface area contributed by atoms with Gasteiger partial charge in [0.1, 0.15) is 18.4 Å². The van der Waals surface area contributed by atoms with Crippen LogP contribution in [-0.4, -0.2) is 26.1 Å². The lowest BCUT2D eigenvalue weighted by Gasteiger charge is -2.29. The number of hydrogen-bond acceptors (Lipinski definition) is 6. The maximum Gasteiger partial charge on any atom is 0.255 e. The smallest absolute Gasteiger partial charge is 0.255 e. The van der Waals surface area contributed by atoms with Gasteiger partial charge < -0.3 is 15.4 Å². The van der Waals surface area contributed by atoms with Crippen LogP contribution in [0.2, 0.25) is 0 Å². The first-order chi connectivity index (χ1) is 17.8. The van der Waals surface area contributed by atoms with Gasteiger partial charge in [0.05, 0.1) is 5.57 Å². The second-order valence-corrected chi connectivity index (χ2v) is 10.1. The van der Waals surface area contributed by atoms with Crippen LogP contribution < -0.4 is 15.4 Å². The maximum atomic E-state index is 13.8. The summed E-state index contributed by atoms with van der Waals surface area (Å²) in [6.07, 6.45) is 0. The van der Waals surface area contributed by atoms with Gasteiger partial charge >= 0.3 is 0 Å². The van der Waals surface area contributed by atoms with Gasteiger partial charge in [-0.15, -0.1) is 0 Å². The van der Waals surface area contributed by atoms with Gasteiger partial charge in [0, 0.05) is 21.4 Å². The summed E-state index contributed by atoms with van der Waals surface area (Å²) in [4.78, 5) is 13.8. The lowest BCUT2D eigenvalue weighted by molar-refractivity contribution is -0.113. The number of aryl methyl sites for hydroxylation is 2. The van der Waals surface area contributed by atoms with E-state index >= 15 is 0 Å². The molecule has 8 nitrogen and oxygen atoms in total. The second-order valence-electron chi connectivity index (χ2n) is 9.17. The first-order valence-electron chi connectivity index (χ1n) is 11.9. The van der Waals surface area contributed by atoms with Crippen LogP contribution in [-0.2, 0) is 11.4 Å². The Bertz CT molecular complexity index is 1510. The lowest BCUT2D eigenvalue weighted by atomic mass is 9.94. The second kappa shape index (κ2) is 10.2. The molecule has 0 saturated carbocycles. The average Bonchev–Trinajstić information content (AvgIpc) is 3.34. The number of nitrogens with zero attached hydrogens (tertiary/aromatic N) is 4.